The maximum Gasteiger partial charge on any atom is 0.175 e. The smallest absolute Gasteiger partial charge is 0.175 e. The molecule has 0 aromatic heterocycles. The predicted octanol–water partition coefficient (Wildman–Crippen LogP) is 1.08. The van der Waals surface area contributed by atoms with E-state index in [0.29, 0.717) is 0 Å². The van der Waals surface area contributed by atoms with Crippen LogP contribution in [0.1, 0.15) is 6.92 Å². The largest absolute Gasteiger partial charge is 0.224 e. The van der Waals surface area contributed by atoms with E-state index in [2.05, 4.69) is 15.9 Å². The lowest BCUT2D eigenvalue weighted by molar-refractivity contribution is 0.597. The maximum absolute atomic E-state index is 10.9. The van der Waals surface area contributed by atoms with Gasteiger partial charge in [0.15, 0.2) is 9.84 Å². The summed E-state index contributed by atoms with van der Waals surface area (Å²) in [5.41, 5.74) is 0. The summed E-state index contributed by atoms with van der Waals surface area (Å²) in [6, 6.07) is 0. The summed E-state index contributed by atoms with van der Waals surface area (Å²) in [4.78, 5) is 0.00231. The van der Waals surface area contributed by atoms with Crippen LogP contribution in [0.5, 0.6) is 0 Å². The molecule has 0 saturated heterocycles. The first kappa shape index (κ1) is 7.28. The molecule has 0 radical (unpaired) electrons. The zero-order valence-corrected chi connectivity index (χ0v) is 7.31. The van der Waals surface area contributed by atoms with Gasteiger partial charge in [-0.1, -0.05) is 22.0 Å². The van der Waals surface area contributed by atoms with Crippen molar-refractivity contribution in [3.05, 3.63) is 11.5 Å². The molecule has 0 saturated carbocycles. The number of sulfone groups is 1. The van der Waals surface area contributed by atoms with Gasteiger partial charge in [0.05, 0.1) is 10.1 Å². The first-order chi connectivity index (χ1) is 4.04. The number of halogens is 1. The monoisotopic (exact) mass is 210 g/mol. The number of allylic oxidation sites excluding steroid dienone is 1. The Kier molecular flexibility index (Phi) is 1.69. The zero-order valence-electron chi connectivity index (χ0n) is 4.91. The topological polar surface area (TPSA) is 34.1 Å². The molecule has 9 heavy (non-hydrogen) atoms. The van der Waals surface area contributed by atoms with Crippen molar-refractivity contribution in [3.63, 3.8) is 0 Å². The Hall–Kier alpha value is 0.170. The van der Waals surface area contributed by atoms with E-state index >= 15 is 0 Å². The van der Waals surface area contributed by atoms with Crippen LogP contribution < -0.4 is 0 Å². The van der Waals surface area contributed by atoms with E-state index in [-0.39, 0.29) is 10.1 Å². The van der Waals surface area contributed by atoms with Gasteiger partial charge in [0.25, 0.3) is 0 Å². The summed E-state index contributed by atoms with van der Waals surface area (Å²) in [6.45, 7) is 1.69. The van der Waals surface area contributed by atoms with Crippen molar-refractivity contribution >= 4 is 25.8 Å². The first-order valence-electron chi connectivity index (χ1n) is 2.60. The second kappa shape index (κ2) is 2.09. The Morgan fingerprint density at radius 3 is 2.22 bits per heavy atom. The highest BCUT2D eigenvalue weighted by atomic mass is 79.9. The molecule has 4 heteroatoms. The van der Waals surface area contributed by atoms with Crippen LogP contribution in [0.4, 0.5) is 0 Å². The van der Waals surface area contributed by atoms with Gasteiger partial charge in [-0.2, -0.15) is 0 Å². The van der Waals surface area contributed by atoms with Gasteiger partial charge in [0.1, 0.15) is 0 Å². The zero-order chi connectivity index (χ0) is 7.07. The van der Waals surface area contributed by atoms with Gasteiger partial charge in [0, 0.05) is 5.41 Å². The summed E-state index contributed by atoms with van der Waals surface area (Å²) >= 11 is 3.21. The fourth-order valence-corrected chi connectivity index (χ4v) is 2.99. The highest BCUT2D eigenvalue weighted by molar-refractivity contribution is 9.09. The van der Waals surface area contributed by atoms with E-state index in [0.717, 1.165) is 0 Å². The van der Waals surface area contributed by atoms with Gasteiger partial charge < -0.3 is 0 Å². The van der Waals surface area contributed by atoms with E-state index in [1.807, 2.05) is 0 Å². The Balaban J connectivity index is 3.01. The van der Waals surface area contributed by atoms with Crippen molar-refractivity contribution in [1.82, 2.24) is 0 Å². The summed E-state index contributed by atoms with van der Waals surface area (Å²) in [7, 11) is -2.90. The Morgan fingerprint density at radius 1 is 1.56 bits per heavy atom. The number of alkyl halides is 1. The first-order valence-corrected chi connectivity index (χ1v) is 5.13. The van der Waals surface area contributed by atoms with Crippen molar-refractivity contribution in [1.29, 1.82) is 0 Å². The Bertz CT molecular complexity index is 229. The fraction of sp³-hybridized carbons (Fsp3) is 0.600. The SMILES string of the molecule is C[C@@H]1[C@H](Br)C=CS1(=O)=O. The summed E-state index contributed by atoms with van der Waals surface area (Å²) < 4.78 is 21.7. The van der Waals surface area contributed by atoms with Crippen molar-refractivity contribution in [3.8, 4) is 0 Å². The second-order valence-corrected chi connectivity index (χ2v) is 5.32. The lowest BCUT2D eigenvalue weighted by Crippen LogP contribution is -2.17. The minimum atomic E-state index is -2.90. The minimum absolute atomic E-state index is 0.00231. The molecular weight excluding hydrogens is 204 g/mol. The Morgan fingerprint density at radius 2 is 2.11 bits per heavy atom. The molecule has 1 rings (SSSR count). The lowest BCUT2D eigenvalue weighted by Gasteiger charge is -2.03. The fourth-order valence-electron chi connectivity index (χ4n) is 0.646. The second-order valence-electron chi connectivity index (χ2n) is 2.07. The normalized spacial score (nSPS) is 39.3. The highest BCUT2D eigenvalue weighted by Crippen LogP contribution is 2.23. The molecule has 0 fully saturated rings. The van der Waals surface area contributed by atoms with Crippen LogP contribution in [0.25, 0.3) is 0 Å². The average molecular weight is 211 g/mol. The third-order valence-electron chi connectivity index (χ3n) is 1.42. The van der Waals surface area contributed by atoms with Crippen LogP contribution in [0.2, 0.25) is 0 Å². The number of hydrogen-bond donors (Lipinski definition) is 0. The van der Waals surface area contributed by atoms with Crippen LogP contribution in [-0.2, 0) is 9.84 Å². The molecule has 1 aliphatic heterocycles. The summed E-state index contributed by atoms with van der Waals surface area (Å²) in [5, 5.41) is 0.967. The van der Waals surface area contributed by atoms with Crippen LogP contribution in [0.3, 0.4) is 0 Å². The molecule has 0 aromatic rings. The molecule has 52 valence electrons. The molecule has 2 atom stereocenters. The predicted molar refractivity (Wildman–Crippen MR) is 40.2 cm³/mol. The molecular formula is C5H7BrO2S. The van der Waals surface area contributed by atoms with Gasteiger partial charge in [0.2, 0.25) is 0 Å². The van der Waals surface area contributed by atoms with Gasteiger partial charge >= 0.3 is 0 Å². The maximum atomic E-state index is 10.9. The average Bonchev–Trinajstić information content (AvgIpc) is 1.97. The minimum Gasteiger partial charge on any atom is -0.224 e. The van der Waals surface area contributed by atoms with E-state index in [1.165, 1.54) is 5.41 Å². The molecule has 0 N–H and O–H groups in total. The molecule has 0 spiro atoms. The van der Waals surface area contributed by atoms with E-state index in [9.17, 15) is 8.42 Å². The third-order valence-corrected chi connectivity index (χ3v) is 4.73. The van der Waals surface area contributed by atoms with Crippen molar-refractivity contribution in [2.45, 2.75) is 17.0 Å². The number of hydrogen-bond acceptors (Lipinski definition) is 2. The Labute approximate surface area is 63.0 Å². The van der Waals surface area contributed by atoms with E-state index < -0.39 is 9.84 Å². The lowest BCUT2D eigenvalue weighted by atomic mass is 10.3. The molecule has 1 heterocycles. The quantitative estimate of drug-likeness (QED) is 0.562. The van der Waals surface area contributed by atoms with Crippen LogP contribution >= 0.6 is 15.9 Å². The van der Waals surface area contributed by atoms with Crippen molar-refractivity contribution < 1.29 is 8.42 Å². The van der Waals surface area contributed by atoms with Crippen molar-refractivity contribution in [2.75, 3.05) is 0 Å². The van der Waals surface area contributed by atoms with Gasteiger partial charge in [-0.3, -0.25) is 0 Å². The van der Waals surface area contributed by atoms with E-state index in [4.69, 9.17) is 0 Å². The third kappa shape index (κ3) is 1.19. The van der Waals surface area contributed by atoms with Crippen LogP contribution in [-0.4, -0.2) is 18.5 Å². The van der Waals surface area contributed by atoms with Gasteiger partial charge in [-0.05, 0) is 6.92 Å². The highest BCUT2D eigenvalue weighted by Gasteiger charge is 2.29. The van der Waals surface area contributed by atoms with Crippen molar-refractivity contribution in [2.24, 2.45) is 0 Å². The van der Waals surface area contributed by atoms with Gasteiger partial charge in [-0.15, -0.1) is 0 Å². The standard InChI is InChI=1S/C5H7BrO2S/c1-4-5(6)2-3-9(4,7)8/h2-5H,1H3/t4-,5-/m1/s1. The molecule has 0 unspecified atom stereocenters. The molecule has 0 aliphatic carbocycles. The summed E-state index contributed by atoms with van der Waals surface area (Å²) in [5.74, 6) is 0. The molecule has 0 amide bonds. The van der Waals surface area contributed by atoms with Crippen LogP contribution in [0.15, 0.2) is 11.5 Å². The van der Waals surface area contributed by atoms with Gasteiger partial charge in [-0.25, -0.2) is 8.42 Å². The van der Waals surface area contributed by atoms with E-state index in [1.54, 1.807) is 13.0 Å². The molecule has 0 bridgehead atoms. The molecule has 1 aliphatic rings. The van der Waals surface area contributed by atoms with Crippen LogP contribution in [0, 0.1) is 0 Å². The molecule has 2 nitrogen and oxygen atoms in total. The molecule has 0 aromatic carbocycles. The summed E-state index contributed by atoms with van der Waals surface area (Å²) in [6.07, 6.45) is 1.65. The number of rotatable bonds is 0.